The molecule has 0 saturated carbocycles. The lowest BCUT2D eigenvalue weighted by Crippen LogP contribution is -2.71. The number of rotatable bonds is 6. The van der Waals surface area contributed by atoms with E-state index in [1.54, 1.807) is 24.3 Å². The molecular formula is C17H19N3O5S. The first-order chi connectivity index (χ1) is 12.5. The Morgan fingerprint density at radius 1 is 1.42 bits per heavy atom. The van der Waals surface area contributed by atoms with Crippen LogP contribution >= 0.6 is 11.8 Å². The number of thioether (sulfide) groups is 1. The summed E-state index contributed by atoms with van der Waals surface area (Å²) < 4.78 is 5.02. The van der Waals surface area contributed by atoms with Crippen LogP contribution in [0.25, 0.3) is 0 Å². The monoisotopic (exact) mass is 377 g/mol. The van der Waals surface area contributed by atoms with Crippen molar-refractivity contribution >= 4 is 29.5 Å². The number of carbonyl (C=O) groups is 3. The summed E-state index contributed by atoms with van der Waals surface area (Å²) in [5, 5.41) is 11.6. The van der Waals surface area contributed by atoms with E-state index >= 15 is 0 Å². The van der Waals surface area contributed by atoms with E-state index in [1.165, 1.54) is 23.8 Å². The summed E-state index contributed by atoms with van der Waals surface area (Å²) in [4.78, 5) is 37.6. The van der Waals surface area contributed by atoms with Gasteiger partial charge in [0.1, 0.15) is 23.2 Å². The van der Waals surface area contributed by atoms with Crippen LogP contribution < -0.4 is 11.1 Å². The number of hydrogen-bond acceptors (Lipinski definition) is 6. The summed E-state index contributed by atoms with van der Waals surface area (Å²) in [6.45, 7) is 0.140. The van der Waals surface area contributed by atoms with Gasteiger partial charge in [0.15, 0.2) is 0 Å². The predicted octanol–water partition coefficient (Wildman–Crippen LogP) is 0.0714. The number of fused-ring (bicyclic) bond motifs is 1. The van der Waals surface area contributed by atoms with Gasteiger partial charge in [0.05, 0.1) is 6.61 Å². The molecule has 1 fully saturated rings. The molecule has 0 spiro atoms. The molecule has 0 radical (unpaired) electrons. The van der Waals surface area contributed by atoms with Crippen molar-refractivity contribution in [2.45, 2.75) is 17.5 Å². The third-order valence-corrected chi connectivity index (χ3v) is 5.65. The number of nitrogens with two attached hydrogens (primary N) is 1. The summed E-state index contributed by atoms with van der Waals surface area (Å²) in [5.74, 6) is -1.69. The second-order valence-electron chi connectivity index (χ2n) is 5.97. The molecule has 3 atom stereocenters. The molecule has 4 N–H and O–H groups in total. The minimum absolute atomic E-state index is 0.0570. The SMILES string of the molecule is COCC1=C(C(=O)O)N2C(=O)[C@@H](NC(=O)C(N)c3ccccc3)[C@H]2SC1. The van der Waals surface area contributed by atoms with E-state index in [0.717, 1.165) is 0 Å². The maximum absolute atomic E-state index is 12.5. The lowest BCUT2D eigenvalue weighted by atomic mass is 10.0. The third kappa shape index (κ3) is 3.20. The number of methoxy groups -OCH3 is 1. The van der Waals surface area contributed by atoms with Crippen LogP contribution in [0.5, 0.6) is 0 Å². The standard InChI is InChI=1S/C17H19N3O5S/c1-25-7-10-8-26-16-12(15(22)20(16)13(10)17(23)24)19-14(21)11(18)9-5-3-2-4-6-9/h2-6,11-12,16H,7-8,18H2,1H3,(H,19,21)(H,23,24)/t11?,12-,16-/m1/s1. The Balaban J connectivity index is 1.73. The number of β-lactam (4-membered cyclic amide) rings is 1. The minimum atomic E-state index is -1.18. The normalized spacial score (nSPS) is 23.2. The molecule has 1 unspecified atom stereocenters. The Morgan fingerprint density at radius 3 is 2.73 bits per heavy atom. The Morgan fingerprint density at radius 2 is 2.12 bits per heavy atom. The molecule has 2 aliphatic rings. The van der Waals surface area contributed by atoms with Crippen LogP contribution in [0.3, 0.4) is 0 Å². The molecule has 0 aliphatic carbocycles. The first-order valence-corrected chi connectivity index (χ1v) is 9.00. The zero-order chi connectivity index (χ0) is 18.8. The highest BCUT2D eigenvalue weighted by Gasteiger charge is 2.54. The number of carboxylic acids is 1. The topological polar surface area (TPSA) is 122 Å². The van der Waals surface area contributed by atoms with Gasteiger partial charge in [0.25, 0.3) is 5.91 Å². The van der Waals surface area contributed by atoms with Gasteiger partial charge in [-0.25, -0.2) is 4.79 Å². The molecule has 1 aromatic carbocycles. The third-order valence-electron chi connectivity index (χ3n) is 4.31. The summed E-state index contributed by atoms with van der Waals surface area (Å²) in [6.07, 6.45) is 0. The van der Waals surface area contributed by atoms with E-state index in [-0.39, 0.29) is 12.3 Å². The van der Waals surface area contributed by atoms with Gasteiger partial charge in [-0.05, 0) is 11.1 Å². The quantitative estimate of drug-likeness (QED) is 0.600. The average Bonchev–Trinajstić information content (AvgIpc) is 2.65. The number of carbonyl (C=O) groups excluding carboxylic acids is 2. The Labute approximate surface area is 154 Å². The molecule has 2 heterocycles. The van der Waals surface area contributed by atoms with Crippen molar-refractivity contribution in [2.24, 2.45) is 5.73 Å². The second-order valence-corrected chi connectivity index (χ2v) is 7.08. The van der Waals surface area contributed by atoms with Crippen molar-refractivity contribution in [1.29, 1.82) is 0 Å². The van der Waals surface area contributed by atoms with Crippen molar-refractivity contribution in [3.05, 3.63) is 47.2 Å². The van der Waals surface area contributed by atoms with E-state index in [1.807, 2.05) is 6.07 Å². The predicted molar refractivity (Wildman–Crippen MR) is 94.9 cm³/mol. The smallest absolute Gasteiger partial charge is 0.352 e. The molecule has 2 amide bonds. The van der Waals surface area contributed by atoms with E-state index in [9.17, 15) is 19.5 Å². The van der Waals surface area contributed by atoms with Crippen LogP contribution in [0.2, 0.25) is 0 Å². The van der Waals surface area contributed by atoms with E-state index < -0.39 is 35.2 Å². The summed E-state index contributed by atoms with van der Waals surface area (Å²) in [6, 6.07) is 7.14. The van der Waals surface area contributed by atoms with Gasteiger partial charge in [-0.15, -0.1) is 11.8 Å². The molecule has 9 heteroatoms. The van der Waals surface area contributed by atoms with E-state index in [2.05, 4.69) is 5.32 Å². The first-order valence-electron chi connectivity index (χ1n) is 7.95. The molecule has 0 bridgehead atoms. The number of benzene rings is 1. The lowest BCUT2D eigenvalue weighted by molar-refractivity contribution is -0.151. The van der Waals surface area contributed by atoms with Crippen LogP contribution in [0.15, 0.2) is 41.6 Å². The van der Waals surface area contributed by atoms with Gasteiger partial charge >= 0.3 is 5.97 Å². The van der Waals surface area contributed by atoms with Crippen molar-refractivity contribution in [1.82, 2.24) is 10.2 Å². The highest BCUT2D eigenvalue weighted by Crippen LogP contribution is 2.40. The summed E-state index contributed by atoms with van der Waals surface area (Å²) in [7, 11) is 1.47. The van der Waals surface area contributed by atoms with Crippen molar-refractivity contribution in [3.63, 3.8) is 0 Å². The molecule has 0 aromatic heterocycles. The molecule has 26 heavy (non-hydrogen) atoms. The molecule has 8 nitrogen and oxygen atoms in total. The van der Waals surface area contributed by atoms with Crippen LogP contribution in [-0.4, -0.2) is 58.7 Å². The van der Waals surface area contributed by atoms with E-state index in [4.69, 9.17) is 10.5 Å². The second kappa shape index (κ2) is 7.48. The number of amides is 2. The van der Waals surface area contributed by atoms with Crippen molar-refractivity contribution in [2.75, 3.05) is 19.5 Å². The largest absolute Gasteiger partial charge is 0.477 e. The van der Waals surface area contributed by atoms with Gasteiger partial charge in [-0.1, -0.05) is 30.3 Å². The molecule has 138 valence electrons. The molecule has 1 aromatic rings. The minimum Gasteiger partial charge on any atom is -0.477 e. The van der Waals surface area contributed by atoms with Crippen molar-refractivity contribution < 1.29 is 24.2 Å². The highest BCUT2D eigenvalue weighted by molar-refractivity contribution is 8.00. The number of nitrogens with zero attached hydrogens (tertiary/aromatic N) is 1. The van der Waals surface area contributed by atoms with Gasteiger partial charge in [0, 0.05) is 12.9 Å². The number of nitrogens with one attached hydrogen (secondary N) is 1. The summed E-state index contributed by atoms with van der Waals surface area (Å²) in [5.41, 5.74) is 7.07. The maximum Gasteiger partial charge on any atom is 0.352 e. The molecular weight excluding hydrogens is 358 g/mol. The Hall–Kier alpha value is -2.36. The number of aliphatic carboxylic acids is 1. The van der Waals surface area contributed by atoms with Crippen molar-refractivity contribution in [3.8, 4) is 0 Å². The van der Waals surface area contributed by atoms with Gasteiger partial charge in [0.2, 0.25) is 5.91 Å². The van der Waals surface area contributed by atoms with Gasteiger partial charge in [-0.3, -0.25) is 14.5 Å². The molecule has 2 aliphatic heterocycles. The zero-order valence-electron chi connectivity index (χ0n) is 14.0. The fourth-order valence-electron chi connectivity index (χ4n) is 3.02. The maximum atomic E-state index is 12.5. The van der Waals surface area contributed by atoms with E-state index in [0.29, 0.717) is 16.9 Å². The lowest BCUT2D eigenvalue weighted by Gasteiger charge is -2.49. The number of hydrogen-bond donors (Lipinski definition) is 3. The fourth-order valence-corrected chi connectivity index (χ4v) is 4.35. The summed E-state index contributed by atoms with van der Waals surface area (Å²) >= 11 is 1.39. The average molecular weight is 377 g/mol. The highest BCUT2D eigenvalue weighted by atomic mass is 32.2. The van der Waals surface area contributed by atoms with Crippen LogP contribution in [-0.2, 0) is 19.1 Å². The fraction of sp³-hybridized carbons (Fsp3) is 0.353. The zero-order valence-corrected chi connectivity index (χ0v) is 14.9. The number of ether oxygens (including phenoxy) is 1. The first kappa shape index (κ1) is 18.4. The number of carboxylic acid groups (broad SMARTS) is 1. The Bertz CT molecular complexity index is 767. The van der Waals surface area contributed by atoms with Crippen LogP contribution in [0, 0.1) is 0 Å². The van der Waals surface area contributed by atoms with Gasteiger partial charge < -0.3 is 20.9 Å². The Kier molecular flexibility index (Phi) is 5.30. The van der Waals surface area contributed by atoms with Crippen LogP contribution in [0.4, 0.5) is 0 Å². The molecule has 3 rings (SSSR count). The van der Waals surface area contributed by atoms with Crippen LogP contribution in [0.1, 0.15) is 11.6 Å². The van der Waals surface area contributed by atoms with Gasteiger partial charge in [-0.2, -0.15) is 0 Å². The molecule has 1 saturated heterocycles.